The van der Waals surface area contributed by atoms with Gasteiger partial charge < -0.3 is 11.5 Å². The molecule has 1 aromatic rings. The maximum atomic E-state index is 5.68. The van der Waals surface area contributed by atoms with Gasteiger partial charge in [0.25, 0.3) is 0 Å². The van der Waals surface area contributed by atoms with Gasteiger partial charge in [-0.3, -0.25) is 0 Å². The molecule has 13 heavy (non-hydrogen) atoms. The lowest BCUT2D eigenvalue weighted by Gasteiger charge is -1.97. The molecule has 0 aliphatic carbocycles. The quantitative estimate of drug-likeness (QED) is 0.617. The van der Waals surface area contributed by atoms with E-state index in [4.69, 9.17) is 11.5 Å². The molecule has 0 saturated heterocycles. The lowest BCUT2D eigenvalue weighted by Crippen LogP contribution is -1.97. The molecule has 0 aliphatic rings. The third kappa shape index (κ3) is 2.77. The van der Waals surface area contributed by atoms with Crippen molar-refractivity contribution in [2.75, 3.05) is 12.3 Å². The number of nitrogens with zero attached hydrogens (tertiary/aromatic N) is 1. The van der Waals surface area contributed by atoms with E-state index in [0.717, 1.165) is 5.69 Å². The third-order valence-electron chi connectivity index (χ3n) is 1.54. The Morgan fingerprint density at radius 3 is 2.92 bits per heavy atom. The van der Waals surface area contributed by atoms with Crippen LogP contribution < -0.4 is 11.5 Å². The molecular weight excluding hydrogens is 162 g/mol. The van der Waals surface area contributed by atoms with E-state index in [0.29, 0.717) is 24.3 Å². The van der Waals surface area contributed by atoms with Crippen LogP contribution in [0, 0.1) is 18.8 Å². The summed E-state index contributed by atoms with van der Waals surface area (Å²) in [5.74, 6) is 5.79. The van der Waals surface area contributed by atoms with Crippen molar-refractivity contribution in [2.45, 2.75) is 13.3 Å². The number of anilines is 1. The molecule has 1 heterocycles. The molecule has 0 amide bonds. The van der Waals surface area contributed by atoms with E-state index < -0.39 is 0 Å². The Hall–Kier alpha value is -1.53. The molecule has 0 bridgehead atoms. The summed E-state index contributed by atoms with van der Waals surface area (Å²) in [4.78, 5) is 4.21. The Morgan fingerprint density at radius 2 is 2.23 bits per heavy atom. The van der Waals surface area contributed by atoms with Crippen molar-refractivity contribution in [3.63, 3.8) is 0 Å². The van der Waals surface area contributed by atoms with Gasteiger partial charge in [0.2, 0.25) is 0 Å². The van der Waals surface area contributed by atoms with Crippen LogP contribution in [0.5, 0.6) is 0 Å². The molecule has 0 aliphatic heterocycles. The van der Waals surface area contributed by atoms with Crippen molar-refractivity contribution in [3.05, 3.63) is 23.5 Å². The van der Waals surface area contributed by atoms with Gasteiger partial charge in [0.05, 0.1) is 5.69 Å². The molecule has 1 aromatic heterocycles. The maximum absolute atomic E-state index is 5.68. The Morgan fingerprint density at radius 1 is 1.46 bits per heavy atom. The Balaban J connectivity index is 2.89. The van der Waals surface area contributed by atoms with E-state index in [2.05, 4.69) is 16.8 Å². The van der Waals surface area contributed by atoms with Crippen LogP contribution in [0.4, 0.5) is 5.69 Å². The second-order valence-electron chi connectivity index (χ2n) is 2.73. The molecule has 0 saturated carbocycles. The molecule has 4 N–H and O–H groups in total. The van der Waals surface area contributed by atoms with Crippen molar-refractivity contribution in [2.24, 2.45) is 5.73 Å². The van der Waals surface area contributed by atoms with Crippen molar-refractivity contribution < 1.29 is 0 Å². The van der Waals surface area contributed by atoms with E-state index in [9.17, 15) is 0 Å². The van der Waals surface area contributed by atoms with E-state index >= 15 is 0 Å². The van der Waals surface area contributed by atoms with Gasteiger partial charge in [-0.25, -0.2) is 4.98 Å². The number of hydrogen-bond acceptors (Lipinski definition) is 3. The molecule has 0 radical (unpaired) electrons. The van der Waals surface area contributed by atoms with Gasteiger partial charge in [-0.1, -0.05) is 5.92 Å². The Labute approximate surface area is 78.2 Å². The van der Waals surface area contributed by atoms with Gasteiger partial charge >= 0.3 is 0 Å². The number of nitrogen functional groups attached to an aromatic ring is 1. The SMILES string of the molecule is Cc1ccc(N)c(C#CCCN)n1. The minimum absolute atomic E-state index is 0.568. The highest BCUT2D eigenvalue weighted by Gasteiger charge is 1.95. The predicted octanol–water partition coefficient (Wildman–Crippen LogP) is 0.673. The first-order valence-electron chi connectivity index (χ1n) is 4.16. The number of aromatic nitrogens is 1. The summed E-state index contributed by atoms with van der Waals surface area (Å²) in [6.45, 7) is 2.48. The zero-order valence-corrected chi connectivity index (χ0v) is 7.67. The number of pyridine rings is 1. The first-order valence-corrected chi connectivity index (χ1v) is 4.16. The normalized spacial score (nSPS) is 9.08. The minimum Gasteiger partial charge on any atom is -0.396 e. The topological polar surface area (TPSA) is 64.9 Å². The highest BCUT2D eigenvalue weighted by molar-refractivity contribution is 5.51. The van der Waals surface area contributed by atoms with Crippen LogP contribution in [-0.4, -0.2) is 11.5 Å². The third-order valence-corrected chi connectivity index (χ3v) is 1.54. The highest BCUT2D eigenvalue weighted by Crippen LogP contribution is 2.07. The Bertz CT molecular complexity index is 347. The standard InChI is InChI=1S/C10H13N3/c1-8-5-6-9(12)10(13-8)4-2-3-7-11/h5-6H,3,7,11-12H2,1H3. The second kappa shape index (κ2) is 4.48. The van der Waals surface area contributed by atoms with Gasteiger partial charge in [0.1, 0.15) is 5.69 Å². The van der Waals surface area contributed by atoms with Crippen LogP contribution in [-0.2, 0) is 0 Å². The van der Waals surface area contributed by atoms with Crippen LogP contribution in [0.15, 0.2) is 12.1 Å². The maximum Gasteiger partial charge on any atom is 0.136 e. The number of hydrogen-bond donors (Lipinski definition) is 2. The fourth-order valence-corrected chi connectivity index (χ4v) is 0.886. The zero-order chi connectivity index (χ0) is 9.68. The van der Waals surface area contributed by atoms with E-state index in [1.54, 1.807) is 0 Å². The summed E-state index contributed by atoms with van der Waals surface area (Å²) in [5.41, 5.74) is 13.2. The zero-order valence-electron chi connectivity index (χ0n) is 7.67. The first-order chi connectivity index (χ1) is 6.24. The predicted molar refractivity (Wildman–Crippen MR) is 53.9 cm³/mol. The summed E-state index contributed by atoms with van der Waals surface area (Å²) < 4.78 is 0. The van der Waals surface area contributed by atoms with Crippen molar-refractivity contribution >= 4 is 5.69 Å². The second-order valence-corrected chi connectivity index (χ2v) is 2.73. The summed E-state index contributed by atoms with van der Waals surface area (Å²) in [6.07, 6.45) is 0.676. The monoisotopic (exact) mass is 175 g/mol. The average molecular weight is 175 g/mol. The van der Waals surface area contributed by atoms with E-state index in [1.165, 1.54) is 0 Å². The highest BCUT2D eigenvalue weighted by atomic mass is 14.7. The fraction of sp³-hybridized carbons (Fsp3) is 0.300. The number of rotatable bonds is 1. The average Bonchev–Trinajstić information content (AvgIpc) is 2.11. The van der Waals surface area contributed by atoms with Gasteiger partial charge in [-0.05, 0) is 25.0 Å². The summed E-state index contributed by atoms with van der Waals surface area (Å²) in [7, 11) is 0. The molecule has 0 unspecified atom stereocenters. The van der Waals surface area contributed by atoms with Crippen LogP contribution in [0.25, 0.3) is 0 Å². The Kier molecular flexibility index (Phi) is 3.30. The minimum atomic E-state index is 0.568. The molecule has 0 atom stereocenters. The molecule has 0 fully saturated rings. The molecule has 3 heteroatoms. The van der Waals surface area contributed by atoms with Crippen LogP contribution in [0.2, 0.25) is 0 Å². The van der Waals surface area contributed by atoms with E-state index in [-0.39, 0.29) is 0 Å². The smallest absolute Gasteiger partial charge is 0.136 e. The van der Waals surface area contributed by atoms with Gasteiger partial charge in [0, 0.05) is 18.7 Å². The van der Waals surface area contributed by atoms with Crippen molar-refractivity contribution in [3.8, 4) is 11.8 Å². The first kappa shape index (κ1) is 9.56. The molecule has 0 spiro atoms. The molecule has 68 valence electrons. The van der Waals surface area contributed by atoms with Crippen LogP contribution in [0.1, 0.15) is 17.8 Å². The number of nitrogens with two attached hydrogens (primary N) is 2. The lowest BCUT2D eigenvalue weighted by molar-refractivity contribution is 1.03. The largest absolute Gasteiger partial charge is 0.396 e. The summed E-state index contributed by atoms with van der Waals surface area (Å²) >= 11 is 0. The summed E-state index contributed by atoms with van der Waals surface area (Å²) in [5, 5.41) is 0. The molecule has 3 nitrogen and oxygen atoms in total. The summed E-state index contributed by atoms with van der Waals surface area (Å²) in [6, 6.07) is 3.68. The van der Waals surface area contributed by atoms with Gasteiger partial charge in [-0.2, -0.15) is 0 Å². The van der Waals surface area contributed by atoms with Crippen molar-refractivity contribution in [1.82, 2.24) is 4.98 Å². The molecule has 1 rings (SSSR count). The molecule has 0 aromatic carbocycles. The van der Waals surface area contributed by atoms with Gasteiger partial charge in [0.15, 0.2) is 0 Å². The number of aryl methyl sites for hydroxylation is 1. The van der Waals surface area contributed by atoms with Crippen molar-refractivity contribution in [1.29, 1.82) is 0 Å². The fourth-order valence-electron chi connectivity index (χ4n) is 0.886. The molecular formula is C10H13N3. The lowest BCUT2D eigenvalue weighted by atomic mass is 10.2. The van der Waals surface area contributed by atoms with E-state index in [1.807, 2.05) is 19.1 Å². The van der Waals surface area contributed by atoms with Crippen LogP contribution >= 0.6 is 0 Å². The van der Waals surface area contributed by atoms with Gasteiger partial charge in [-0.15, -0.1) is 0 Å². The van der Waals surface area contributed by atoms with Crippen LogP contribution in [0.3, 0.4) is 0 Å².